The molecule has 0 bridgehead atoms. The smallest absolute Gasteiger partial charge is 0.243 e. The largest absolute Gasteiger partial charge is 0.497 e. The third-order valence-electron chi connectivity index (χ3n) is 4.69. The van der Waals surface area contributed by atoms with Crippen LogP contribution in [0.4, 0.5) is 0 Å². The van der Waals surface area contributed by atoms with E-state index in [1.807, 2.05) is 6.92 Å². The van der Waals surface area contributed by atoms with Gasteiger partial charge in [0.1, 0.15) is 5.75 Å². The molecular formula is C15H21NO3S. The monoisotopic (exact) mass is 295 g/mol. The number of fused-ring (bicyclic) bond motifs is 1. The molecule has 2 fully saturated rings. The molecule has 0 amide bonds. The summed E-state index contributed by atoms with van der Waals surface area (Å²) in [6.07, 6.45) is 3.61. The molecule has 0 N–H and O–H groups in total. The van der Waals surface area contributed by atoms with Crippen LogP contribution in [0.25, 0.3) is 0 Å². The van der Waals surface area contributed by atoms with Crippen LogP contribution in [0.1, 0.15) is 24.8 Å². The number of nitrogens with zero attached hydrogens (tertiary/aromatic N) is 1. The highest BCUT2D eigenvalue weighted by Gasteiger charge is 2.41. The molecule has 0 spiro atoms. The summed E-state index contributed by atoms with van der Waals surface area (Å²) in [7, 11) is -1.77. The van der Waals surface area contributed by atoms with Crippen LogP contribution >= 0.6 is 0 Å². The van der Waals surface area contributed by atoms with Crippen LogP contribution in [-0.4, -0.2) is 32.9 Å². The normalized spacial score (nSPS) is 26.7. The Kier molecular flexibility index (Phi) is 3.50. The zero-order chi connectivity index (χ0) is 14.3. The van der Waals surface area contributed by atoms with Gasteiger partial charge in [0.2, 0.25) is 10.0 Å². The summed E-state index contributed by atoms with van der Waals surface area (Å²) in [5, 5.41) is 0. The SMILES string of the molecule is COc1ccc(S(=O)(=O)N2CC3CCCC3C2)c(C)c1. The van der Waals surface area contributed by atoms with Gasteiger partial charge < -0.3 is 4.74 Å². The van der Waals surface area contributed by atoms with E-state index in [-0.39, 0.29) is 0 Å². The van der Waals surface area contributed by atoms with E-state index in [0.717, 1.165) is 5.56 Å². The molecule has 1 saturated carbocycles. The number of hydrogen-bond acceptors (Lipinski definition) is 3. The third-order valence-corrected chi connectivity index (χ3v) is 6.68. The van der Waals surface area contributed by atoms with Gasteiger partial charge in [0.25, 0.3) is 0 Å². The summed E-state index contributed by atoms with van der Waals surface area (Å²) in [6.45, 7) is 3.21. The Bertz CT molecular complexity index is 600. The van der Waals surface area contributed by atoms with Crippen LogP contribution in [0.15, 0.2) is 23.1 Å². The summed E-state index contributed by atoms with van der Waals surface area (Å²) in [5.74, 6) is 1.84. The molecule has 5 heteroatoms. The molecule has 110 valence electrons. The predicted octanol–water partition coefficient (Wildman–Crippen LogP) is 2.42. The second-order valence-corrected chi connectivity index (χ2v) is 7.81. The second-order valence-electron chi connectivity index (χ2n) is 5.90. The van der Waals surface area contributed by atoms with Gasteiger partial charge in [-0.3, -0.25) is 0 Å². The minimum absolute atomic E-state index is 0.415. The number of benzene rings is 1. The maximum atomic E-state index is 12.8. The highest BCUT2D eigenvalue weighted by Crippen LogP contribution is 2.40. The van der Waals surface area contributed by atoms with Crippen LogP contribution in [-0.2, 0) is 10.0 Å². The van der Waals surface area contributed by atoms with E-state index in [0.29, 0.717) is 35.6 Å². The molecule has 1 aromatic carbocycles. The molecule has 20 heavy (non-hydrogen) atoms. The van der Waals surface area contributed by atoms with E-state index in [2.05, 4.69) is 0 Å². The van der Waals surface area contributed by atoms with Gasteiger partial charge in [-0.25, -0.2) is 8.42 Å². The van der Waals surface area contributed by atoms with E-state index < -0.39 is 10.0 Å². The molecule has 2 aliphatic rings. The summed E-state index contributed by atoms with van der Waals surface area (Å²) < 4.78 is 32.4. The van der Waals surface area contributed by atoms with E-state index in [4.69, 9.17) is 4.74 Å². The molecule has 2 atom stereocenters. The highest BCUT2D eigenvalue weighted by atomic mass is 32.2. The minimum Gasteiger partial charge on any atom is -0.497 e. The average molecular weight is 295 g/mol. The Morgan fingerprint density at radius 3 is 2.40 bits per heavy atom. The molecule has 1 aliphatic carbocycles. The molecule has 1 aromatic rings. The Labute approximate surface area is 120 Å². The fourth-order valence-electron chi connectivity index (χ4n) is 3.57. The predicted molar refractivity (Wildman–Crippen MR) is 77.3 cm³/mol. The van der Waals surface area contributed by atoms with Crippen molar-refractivity contribution >= 4 is 10.0 Å². The van der Waals surface area contributed by atoms with Crippen molar-refractivity contribution < 1.29 is 13.2 Å². The number of methoxy groups -OCH3 is 1. The van der Waals surface area contributed by atoms with Crippen molar-refractivity contribution in [3.63, 3.8) is 0 Å². The fraction of sp³-hybridized carbons (Fsp3) is 0.600. The van der Waals surface area contributed by atoms with Gasteiger partial charge in [0.15, 0.2) is 0 Å². The van der Waals surface area contributed by atoms with Gasteiger partial charge in [-0.15, -0.1) is 0 Å². The lowest BCUT2D eigenvalue weighted by molar-refractivity contribution is 0.413. The summed E-state index contributed by atoms with van der Waals surface area (Å²) in [4.78, 5) is 0.415. The van der Waals surface area contributed by atoms with Gasteiger partial charge >= 0.3 is 0 Å². The van der Waals surface area contributed by atoms with Gasteiger partial charge in [-0.2, -0.15) is 4.31 Å². The van der Waals surface area contributed by atoms with Crippen LogP contribution in [0.2, 0.25) is 0 Å². The van der Waals surface area contributed by atoms with Crippen molar-refractivity contribution in [1.82, 2.24) is 4.31 Å². The molecule has 1 saturated heterocycles. The Balaban J connectivity index is 1.89. The van der Waals surface area contributed by atoms with E-state index >= 15 is 0 Å². The van der Waals surface area contributed by atoms with Gasteiger partial charge in [0, 0.05) is 13.1 Å². The van der Waals surface area contributed by atoms with Crippen LogP contribution in [0.5, 0.6) is 5.75 Å². The average Bonchev–Trinajstić information content (AvgIpc) is 2.99. The number of sulfonamides is 1. The number of rotatable bonds is 3. The van der Waals surface area contributed by atoms with Crippen LogP contribution in [0, 0.1) is 18.8 Å². The van der Waals surface area contributed by atoms with Crippen molar-refractivity contribution in [2.24, 2.45) is 11.8 Å². The lowest BCUT2D eigenvalue weighted by Crippen LogP contribution is -2.30. The van der Waals surface area contributed by atoms with Crippen molar-refractivity contribution in [1.29, 1.82) is 0 Å². The molecule has 1 heterocycles. The van der Waals surface area contributed by atoms with Crippen LogP contribution in [0.3, 0.4) is 0 Å². The first kappa shape index (κ1) is 13.9. The van der Waals surface area contributed by atoms with Crippen molar-refractivity contribution in [3.8, 4) is 5.75 Å². The van der Waals surface area contributed by atoms with Gasteiger partial charge in [-0.05, 0) is 55.4 Å². The zero-order valence-corrected chi connectivity index (χ0v) is 12.8. The number of aryl methyl sites for hydroxylation is 1. The van der Waals surface area contributed by atoms with Crippen molar-refractivity contribution in [2.75, 3.05) is 20.2 Å². The molecule has 1 aliphatic heterocycles. The first-order valence-corrected chi connectivity index (χ1v) is 8.61. The standard InChI is InChI=1S/C15H21NO3S/c1-11-8-14(19-2)6-7-15(11)20(17,18)16-9-12-4-3-5-13(12)10-16/h6-8,12-13H,3-5,9-10H2,1-2H3. The molecular weight excluding hydrogens is 274 g/mol. The van der Waals surface area contributed by atoms with E-state index in [1.165, 1.54) is 19.3 Å². The summed E-state index contributed by atoms with van der Waals surface area (Å²) in [6, 6.07) is 5.16. The fourth-order valence-corrected chi connectivity index (χ4v) is 5.33. The topological polar surface area (TPSA) is 46.6 Å². The zero-order valence-electron chi connectivity index (χ0n) is 12.0. The second kappa shape index (κ2) is 5.04. The maximum absolute atomic E-state index is 12.8. The molecule has 2 unspecified atom stereocenters. The lowest BCUT2D eigenvalue weighted by atomic mass is 10.0. The first-order chi connectivity index (χ1) is 9.52. The van der Waals surface area contributed by atoms with Gasteiger partial charge in [-0.1, -0.05) is 6.42 Å². The molecule has 4 nitrogen and oxygen atoms in total. The first-order valence-electron chi connectivity index (χ1n) is 7.17. The maximum Gasteiger partial charge on any atom is 0.243 e. The quantitative estimate of drug-likeness (QED) is 0.860. The molecule has 0 aromatic heterocycles. The Hall–Kier alpha value is -1.07. The van der Waals surface area contributed by atoms with Gasteiger partial charge in [0.05, 0.1) is 12.0 Å². The third kappa shape index (κ3) is 2.23. The Morgan fingerprint density at radius 2 is 1.85 bits per heavy atom. The van der Waals surface area contributed by atoms with Crippen molar-refractivity contribution in [3.05, 3.63) is 23.8 Å². The van der Waals surface area contributed by atoms with E-state index in [9.17, 15) is 8.42 Å². The van der Waals surface area contributed by atoms with Crippen LogP contribution < -0.4 is 4.74 Å². The summed E-state index contributed by atoms with van der Waals surface area (Å²) >= 11 is 0. The molecule has 0 radical (unpaired) electrons. The minimum atomic E-state index is -3.36. The Morgan fingerprint density at radius 1 is 1.20 bits per heavy atom. The summed E-state index contributed by atoms with van der Waals surface area (Å²) in [5.41, 5.74) is 0.751. The van der Waals surface area contributed by atoms with Crippen molar-refractivity contribution in [2.45, 2.75) is 31.1 Å². The lowest BCUT2D eigenvalue weighted by Gasteiger charge is -2.19. The van der Waals surface area contributed by atoms with E-state index in [1.54, 1.807) is 29.6 Å². The molecule has 3 rings (SSSR count). The highest BCUT2D eigenvalue weighted by molar-refractivity contribution is 7.89. The number of ether oxygens (including phenoxy) is 1. The number of hydrogen-bond donors (Lipinski definition) is 0.